The molecule has 0 aromatic carbocycles. The lowest BCUT2D eigenvalue weighted by atomic mass is 10.0. The Labute approximate surface area is 97.0 Å². The summed E-state index contributed by atoms with van der Waals surface area (Å²) in [6, 6.07) is 0.393. The molecule has 4 nitrogen and oxygen atoms in total. The quantitative estimate of drug-likeness (QED) is 0.847. The molecule has 0 radical (unpaired) electrons. The molecule has 90 valence electrons. The first kappa shape index (κ1) is 11.6. The molecule has 0 spiro atoms. The van der Waals surface area contributed by atoms with Gasteiger partial charge in [-0.05, 0) is 33.0 Å². The van der Waals surface area contributed by atoms with Crippen molar-refractivity contribution in [2.24, 2.45) is 0 Å². The largest absolute Gasteiger partial charge is 0.447 e. The molecule has 1 saturated heterocycles. The molecule has 0 bridgehead atoms. The molecule has 1 aliphatic rings. The van der Waals surface area contributed by atoms with Gasteiger partial charge in [0.25, 0.3) is 0 Å². The van der Waals surface area contributed by atoms with E-state index in [-0.39, 0.29) is 0 Å². The maximum Gasteiger partial charge on any atom is 0.211 e. The number of likely N-dealkylation sites (tertiary alicyclic amines) is 1. The minimum absolute atomic E-state index is 0.393. The van der Waals surface area contributed by atoms with Crippen molar-refractivity contribution in [2.45, 2.75) is 38.8 Å². The molecular weight excluding hydrogens is 202 g/mol. The van der Waals surface area contributed by atoms with Crippen LogP contribution in [0.2, 0.25) is 0 Å². The zero-order valence-electron chi connectivity index (χ0n) is 10.2. The second-order valence-electron chi connectivity index (χ2n) is 4.35. The molecule has 1 aliphatic heterocycles. The Morgan fingerprint density at radius 2 is 2.44 bits per heavy atom. The summed E-state index contributed by atoms with van der Waals surface area (Å²) in [6.45, 7) is 5.23. The van der Waals surface area contributed by atoms with Crippen molar-refractivity contribution in [3.05, 3.63) is 17.8 Å². The normalized spacial score (nSPS) is 22.5. The van der Waals surface area contributed by atoms with Gasteiger partial charge < -0.3 is 9.73 Å². The maximum absolute atomic E-state index is 5.60. The highest BCUT2D eigenvalue weighted by molar-refractivity contribution is 5.01. The third-order valence-electron chi connectivity index (χ3n) is 3.23. The number of piperidine rings is 1. The van der Waals surface area contributed by atoms with Gasteiger partial charge in [-0.2, -0.15) is 0 Å². The molecular formula is C12H21N3O. The highest BCUT2D eigenvalue weighted by atomic mass is 16.3. The van der Waals surface area contributed by atoms with Crippen LogP contribution in [-0.4, -0.2) is 30.0 Å². The third-order valence-corrected chi connectivity index (χ3v) is 3.23. The minimum Gasteiger partial charge on any atom is -0.447 e. The average molecular weight is 223 g/mol. The number of nitrogens with one attached hydrogen (secondary N) is 1. The van der Waals surface area contributed by atoms with Crippen LogP contribution in [0.1, 0.15) is 43.8 Å². The number of hydrogen-bond acceptors (Lipinski definition) is 4. The molecule has 2 rings (SSSR count). The number of rotatable bonds is 4. The fourth-order valence-corrected chi connectivity index (χ4v) is 2.39. The predicted octanol–water partition coefficient (Wildman–Crippen LogP) is 1.94. The Balaban J connectivity index is 2.08. The molecule has 1 unspecified atom stereocenters. The lowest BCUT2D eigenvalue weighted by molar-refractivity contribution is 0.133. The van der Waals surface area contributed by atoms with Gasteiger partial charge in [0, 0.05) is 6.54 Å². The number of aromatic nitrogens is 1. The molecule has 16 heavy (non-hydrogen) atoms. The van der Waals surface area contributed by atoms with Crippen molar-refractivity contribution in [3.8, 4) is 0 Å². The Hall–Kier alpha value is -0.870. The Kier molecular flexibility index (Phi) is 3.96. The average Bonchev–Trinajstić information content (AvgIpc) is 2.78. The first-order valence-electron chi connectivity index (χ1n) is 6.18. The van der Waals surface area contributed by atoms with Crippen LogP contribution in [0.4, 0.5) is 0 Å². The minimum atomic E-state index is 0.393. The standard InChI is InChI=1S/C12H21N3O/c1-3-15-7-5-4-6-11(15)12-14-10(8-13-2)9-16-12/h9,11,13H,3-8H2,1-2H3. The zero-order chi connectivity index (χ0) is 11.4. The van der Waals surface area contributed by atoms with E-state index >= 15 is 0 Å². The molecule has 0 amide bonds. The summed E-state index contributed by atoms with van der Waals surface area (Å²) in [5.74, 6) is 0.895. The van der Waals surface area contributed by atoms with Crippen molar-refractivity contribution in [3.63, 3.8) is 0 Å². The second-order valence-corrected chi connectivity index (χ2v) is 4.35. The third kappa shape index (κ3) is 2.44. The van der Waals surface area contributed by atoms with E-state index in [0.29, 0.717) is 6.04 Å². The topological polar surface area (TPSA) is 41.3 Å². The molecule has 1 N–H and O–H groups in total. The van der Waals surface area contributed by atoms with E-state index in [1.807, 2.05) is 7.05 Å². The summed E-state index contributed by atoms with van der Waals surface area (Å²) in [4.78, 5) is 7.01. The van der Waals surface area contributed by atoms with Crippen molar-refractivity contribution in [2.75, 3.05) is 20.1 Å². The Morgan fingerprint density at radius 1 is 1.56 bits per heavy atom. The molecule has 0 saturated carbocycles. The van der Waals surface area contributed by atoms with Gasteiger partial charge in [0.05, 0.1) is 11.7 Å². The zero-order valence-corrected chi connectivity index (χ0v) is 10.2. The van der Waals surface area contributed by atoms with E-state index in [9.17, 15) is 0 Å². The van der Waals surface area contributed by atoms with Crippen LogP contribution in [0.5, 0.6) is 0 Å². The van der Waals surface area contributed by atoms with Crippen molar-refractivity contribution >= 4 is 0 Å². The van der Waals surface area contributed by atoms with Crippen LogP contribution >= 0.6 is 0 Å². The van der Waals surface area contributed by atoms with E-state index < -0.39 is 0 Å². The lowest BCUT2D eigenvalue weighted by Crippen LogP contribution is -2.33. The highest BCUT2D eigenvalue weighted by Gasteiger charge is 2.26. The SMILES string of the molecule is CCN1CCCCC1c1nc(CNC)co1. The van der Waals surface area contributed by atoms with E-state index in [1.54, 1.807) is 6.26 Å². The maximum atomic E-state index is 5.60. The number of hydrogen-bond donors (Lipinski definition) is 1. The summed E-state index contributed by atoms with van der Waals surface area (Å²) in [5.41, 5.74) is 0.999. The van der Waals surface area contributed by atoms with Gasteiger partial charge in [0.15, 0.2) is 0 Å². The van der Waals surface area contributed by atoms with E-state index in [0.717, 1.165) is 24.7 Å². The van der Waals surface area contributed by atoms with Crippen molar-refractivity contribution in [1.29, 1.82) is 0 Å². The monoisotopic (exact) mass is 223 g/mol. The van der Waals surface area contributed by atoms with Gasteiger partial charge in [0.1, 0.15) is 6.26 Å². The van der Waals surface area contributed by atoms with Gasteiger partial charge in [0.2, 0.25) is 5.89 Å². The van der Waals surface area contributed by atoms with Crippen LogP contribution in [0.3, 0.4) is 0 Å². The fraction of sp³-hybridized carbons (Fsp3) is 0.750. The fourth-order valence-electron chi connectivity index (χ4n) is 2.39. The molecule has 1 aromatic rings. The molecule has 1 fully saturated rings. The van der Waals surface area contributed by atoms with Crippen molar-refractivity contribution < 1.29 is 4.42 Å². The van der Waals surface area contributed by atoms with Crippen LogP contribution in [0, 0.1) is 0 Å². The summed E-state index contributed by atoms with van der Waals surface area (Å²) in [5, 5.41) is 3.09. The Bertz CT molecular complexity index is 324. The number of oxazole rings is 1. The van der Waals surface area contributed by atoms with Gasteiger partial charge in [-0.1, -0.05) is 13.3 Å². The summed E-state index contributed by atoms with van der Waals surface area (Å²) in [6.07, 6.45) is 5.53. The van der Waals surface area contributed by atoms with Gasteiger partial charge in [-0.3, -0.25) is 4.90 Å². The number of nitrogens with zero attached hydrogens (tertiary/aromatic N) is 2. The molecule has 4 heteroatoms. The van der Waals surface area contributed by atoms with Crippen LogP contribution in [0.15, 0.2) is 10.7 Å². The van der Waals surface area contributed by atoms with Crippen molar-refractivity contribution in [1.82, 2.24) is 15.2 Å². The van der Waals surface area contributed by atoms with E-state index in [4.69, 9.17) is 4.42 Å². The van der Waals surface area contributed by atoms with Gasteiger partial charge >= 0.3 is 0 Å². The second kappa shape index (κ2) is 5.46. The summed E-state index contributed by atoms with van der Waals surface area (Å²) >= 11 is 0. The molecule has 2 heterocycles. The highest BCUT2D eigenvalue weighted by Crippen LogP contribution is 2.29. The predicted molar refractivity (Wildman–Crippen MR) is 63.1 cm³/mol. The molecule has 1 atom stereocenters. The van der Waals surface area contributed by atoms with Crippen LogP contribution in [-0.2, 0) is 6.54 Å². The van der Waals surface area contributed by atoms with Crippen LogP contribution in [0.25, 0.3) is 0 Å². The molecule has 0 aliphatic carbocycles. The lowest BCUT2D eigenvalue weighted by Gasteiger charge is -2.32. The van der Waals surface area contributed by atoms with Crippen LogP contribution < -0.4 is 5.32 Å². The van der Waals surface area contributed by atoms with Gasteiger partial charge in [-0.25, -0.2) is 4.98 Å². The summed E-state index contributed by atoms with van der Waals surface area (Å²) in [7, 11) is 1.92. The van der Waals surface area contributed by atoms with E-state index in [2.05, 4.69) is 22.1 Å². The summed E-state index contributed by atoms with van der Waals surface area (Å²) < 4.78 is 5.60. The smallest absolute Gasteiger partial charge is 0.211 e. The molecule has 1 aromatic heterocycles. The first-order chi connectivity index (χ1) is 7.85. The van der Waals surface area contributed by atoms with E-state index in [1.165, 1.54) is 25.8 Å². The van der Waals surface area contributed by atoms with Gasteiger partial charge in [-0.15, -0.1) is 0 Å². The Morgan fingerprint density at radius 3 is 3.19 bits per heavy atom. The first-order valence-corrected chi connectivity index (χ1v) is 6.18.